The van der Waals surface area contributed by atoms with E-state index in [0.29, 0.717) is 77.4 Å². The second kappa shape index (κ2) is 48.7. The molecule has 11 aromatic rings. The van der Waals surface area contributed by atoms with Gasteiger partial charge in [-0.15, -0.1) is 0 Å². The standard InChI is InChI=1S/C34H40N6O4.C30H35N7O3.C27H32Br2N6O4/c35-14-16-40(17-15-36)33(42)21-29(37)34(43)39-31(32(41)20-26-18-27-8-4-5-9-30(27)38-22-26)19-24-10-12-28(13-11-24)44-23-25-6-2-1-3-7-25;31-9-11-37(12-10-32)29(39)17-25(33)30(40)36-27(16-24-15-21-5-1-2-7-23(21)19-34-24)28(38)14-20-13-22-6-3-4-8-26(22)35-18-20;28-19-10-16(11-20(29)26(19)38)12-23(24(36)13-17-9-18-3-1-2-4-22(18)33-15-17)34-27(39)21(32)14-25(37)35(7-5-30)8-6-31/h1-13,18,22,29,31H,14-17,19-21,23,35-37H2,(H,39,43);1-8,13,15,18-19,25,27H,9-12,14,16-17,31-33H2,(H,36,40);1-4,9-11,15,21,23,38H,5-8,12-14,30-32H2,(H,34,39)/t29-,31-;25-,27-;21-,23-/m000/s1. The number of phenolic OH excluding ortho intramolecular Hbond substituents is 1. The van der Waals surface area contributed by atoms with Crippen LogP contribution < -0.4 is 72.3 Å². The summed E-state index contributed by atoms with van der Waals surface area (Å²) in [5, 5.41) is 23.1. The number of aromatic nitrogens is 4. The van der Waals surface area contributed by atoms with Gasteiger partial charge in [0, 0.05) is 156 Å². The predicted molar refractivity (Wildman–Crippen MR) is 483 cm³/mol. The van der Waals surface area contributed by atoms with Gasteiger partial charge in [-0.1, -0.05) is 121 Å². The number of ketones is 3. The van der Waals surface area contributed by atoms with Crippen molar-refractivity contribution >= 4 is 128 Å². The number of phenols is 1. The number of carbonyl (C=O) groups is 9. The van der Waals surface area contributed by atoms with Crippen LogP contribution in [0.5, 0.6) is 11.5 Å². The van der Waals surface area contributed by atoms with Gasteiger partial charge in [-0.25, -0.2) is 0 Å². The van der Waals surface area contributed by atoms with Gasteiger partial charge in [0.1, 0.15) is 18.1 Å². The first-order valence-electron chi connectivity index (χ1n) is 40.4. The molecule has 123 heavy (non-hydrogen) atoms. The van der Waals surface area contributed by atoms with Gasteiger partial charge < -0.3 is 92.1 Å². The number of pyridine rings is 4. The minimum atomic E-state index is -1.17. The zero-order valence-corrected chi connectivity index (χ0v) is 71.5. The second-order valence-electron chi connectivity index (χ2n) is 29.5. The summed E-state index contributed by atoms with van der Waals surface area (Å²) in [5.74, 6) is -2.76. The number of carbonyl (C=O) groups excluding carboxylic acids is 9. The van der Waals surface area contributed by atoms with E-state index >= 15 is 0 Å². The Labute approximate surface area is 730 Å². The summed E-state index contributed by atoms with van der Waals surface area (Å²) >= 11 is 6.60. The molecule has 6 atom stereocenters. The van der Waals surface area contributed by atoms with Gasteiger partial charge >= 0.3 is 0 Å². The number of nitrogens with one attached hydrogen (secondary N) is 3. The highest BCUT2D eigenvalue weighted by molar-refractivity contribution is 9.11. The largest absolute Gasteiger partial charge is 0.506 e. The van der Waals surface area contributed by atoms with E-state index in [1.807, 2.05) is 176 Å². The number of fused-ring (bicyclic) bond motifs is 4. The van der Waals surface area contributed by atoms with Crippen LogP contribution >= 0.6 is 31.9 Å². The molecule has 0 aliphatic rings. The molecule has 11 rings (SSSR count). The summed E-state index contributed by atoms with van der Waals surface area (Å²) in [6, 6.07) is 52.7. The van der Waals surface area contributed by atoms with Crippen LogP contribution in [0.1, 0.15) is 58.3 Å². The van der Waals surface area contributed by atoms with Gasteiger partial charge in [-0.2, -0.15) is 0 Å². The highest BCUT2D eigenvalue weighted by Gasteiger charge is 2.32. The first kappa shape index (κ1) is 95.1. The van der Waals surface area contributed by atoms with Crippen LogP contribution in [0.4, 0.5) is 0 Å². The van der Waals surface area contributed by atoms with Crippen LogP contribution in [0.15, 0.2) is 222 Å². The van der Waals surface area contributed by atoms with Crippen molar-refractivity contribution in [3.05, 3.63) is 261 Å². The van der Waals surface area contributed by atoms with E-state index in [1.165, 1.54) is 14.7 Å². The van der Waals surface area contributed by atoms with Crippen molar-refractivity contribution in [2.24, 2.45) is 51.6 Å². The molecule has 7 aromatic carbocycles. The number of nitrogens with zero attached hydrogens (tertiary/aromatic N) is 7. The Morgan fingerprint density at radius 1 is 0.358 bits per heavy atom. The zero-order chi connectivity index (χ0) is 88.3. The Morgan fingerprint density at radius 3 is 1.07 bits per heavy atom. The molecule has 0 bridgehead atoms. The van der Waals surface area contributed by atoms with Crippen molar-refractivity contribution in [1.82, 2.24) is 50.6 Å². The average Bonchev–Trinajstić information content (AvgIpc) is 0.835. The zero-order valence-electron chi connectivity index (χ0n) is 68.3. The molecule has 22 N–H and O–H groups in total. The summed E-state index contributed by atoms with van der Waals surface area (Å²) in [7, 11) is 0. The fraction of sp³-hybridized carbons (Fsp3) is 0.308. The van der Waals surface area contributed by atoms with Crippen LogP contribution in [0.2, 0.25) is 0 Å². The van der Waals surface area contributed by atoms with Gasteiger partial charge in [-0.3, -0.25) is 63.1 Å². The molecule has 0 spiro atoms. The molecular weight excluding hydrogens is 1690 g/mol. The molecule has 0 unspecified atom stereocenters. The number of hydrogen-bond acceptors (Lipinski definition) is 24. The van der Waals surface area contributed by atoms with Crippen molar-refractivity contribution in [3.63, 3.8) is 0 Å². The fourth-order valence-corrected chi connectivity index (χ4v) is 14.8. The summed E-state index contributed by atoms with van der Waals surface area (Å²) < 4.78 is 6.76. The summed E-state index contributed by atoms with van der Waals surface area (Å²) in [6.07, 6.45) is 6.71. The van der Waals surface area contributed by atoms with E-state index < -0.39 is 54.0 Å². The van der Waals surface area contributed by atoms with Crippen molar-refractivity contribution in [3.8, 4) is 11.5 Å². The number of Topliss-reactive ketones (excluding diaryl/α,β-unsaturated/α-hetero) is 3. The quantitative estimate of drug-likeness (QED) is 0.0240. The van der Waals surface area contributed by atoms with Crippen LogP contribution in [0.25, 0.3) is 43.5 Å². The maximum Gasteiger partial charge on any atom is 0.238 e. The smallest absolute Gasteiger partial charge is 0.238 e. The first-order chi connectivity index (χ1) is 59.3. The van der Waals surface area contributed by atoms with E-state index in [2.05, 4.69) is 67.7 Å². The molecule has 6 amide bonds. The summed E-state index contributed by atoms with van der Waals surface area (Å²) in [4.78, 5) is 140. The van der Waals surface area contributed by atoms with Gasteiger partial charge in [0.05, 0.1) is 81.0 Å². The predicted octanol–water partition coefficient (Wildman–Crippen LogP) is 4.97. The van der Waals surface area contributed by atoms with E-state index in [0.717, 1.165) is 65.7 Å². The Balaban J connectivity index is 0.000000210. The third kappa shape index (κ3) is 29.5. The third-order valence-electron chi connectivity index (χ3n) is 20.1. The van der Waals surface area contributed by atoms with Gasteiger partial charge in [0.25, 0.3) is 0 Å². The number of rotatable bonds is 42. The molecule has 0 aliphatic carbocycles. The maximum absolute atomic E-state index is 13.6. The Hall–Kier alpha value is -11.8. The van der Waals surface area contributed by atoms with E-state index in [1.54, 1.807) is 36.9 Å². The molecule has 30 nitrogen and oxygen atoms in total. The lowest BCUT2D eigenvalue weighted by atomic mass is 9.97. The lowest BCUT2D eigenvalue weighted by Crippen LogP contribution is -2.51. The van der Waals surface area contributed by atoms with Crippen molar-refractivity contribution in [2.45, 2.75) is 101 Å². The number of halogens is 2. The van der Waals surface area contributed by atoms with Crippen molar-refractivity contribution in [1.29, 1.82) is 0 Å². The van der Waals surface area contributed by atoms with Crippen LogP contribution in [-0.4, -0.2) is 207 Å². The minimum Gasteiger partial charge on any atom is -0.506 e. The van der Waals surface area contributed by atoms with Crippen LogP contribution in [-0.2, 0) is 88.3 Å². The molecule has 0 saturated carbocycles. The molecule has 4 aromatic heterocycles. The molecule has 4 heterocycles. The maximum atomic E-state index is 13.6. The lowest BCUT2D eigenvalue weighted by molar-refractivity contribution is -0.135. The van der Waals surface area contributed by atoms with Crippen LogP contribution in [0, 0.1) is 0 Å². The Bertz CT molecular complexity index is 5370. The fourth-order valence-electron chi connectivity index (χ4n) is 13.6. The van der Waals surface area contributed by atoms with Gasteiger partial charge in [0.15, 0.2) is 17.3 Å². The monoisotopic (exact) mass is 1800 g/mol. The number of para-hydroxylation sites is 3. The van der Waals surface area contributed by atoms with Gasteiger partial charge in [0.2, 0.25) is 35.4 Å². The number of nitrogens with two attached hydrogens (primary N) is 9. The average molecular weight is 1800 g/mol. The normalized spacial score (nSPS) is 12.5. The topological polar surface area (TPSA) is 515 Å². The van der Waals surface area contributed by atoms with E-state index in [4.69, 9.17) is 56.3 Å². The summed E-state index contributed by atoms with van der Waals surface area (Å²) in [5.41, 5.74) is 59.8. The van der Waals surface area contributed by atoms with Crippen molar-refractivity contribution < 1.29 is 53.0 Å². The Kier molecular flexibility index (Phi) is 37.7. The number of aromatic hydroxyl groups is 1. The molecular formula is C91H107Br2N19O11. The summed E-state index contributed by atoms with van der Waals surface area (Å²) in [6.45, 7) is 3.89. The highest BCUT2D eigenvalue weighted by Crippen LogP contribution is 2.34. The third-order valence-corrected chi connectivity index (χ3v) is 21.3. The molecule has 32 heteroatoms. The minimum absolute atomic E-state index is 0.0212. The SMILES string of the molecule is NCCN(CCN)C(=O)C[C@H](N)C(=O)N[C@@H](Cc1cc(Br)c(O)c(Br)c1)C(=O)Cc1cnc2ccccc2c1.NCCN(CCN)C(=O)C[C@H](N)C(=O)N[C@@H](Cc1cc2ccccc2cn1)C(=O)Cc1cnc2ccccc2c1.NCCN(CCN)C(=O)C[C@H](N)C(=O)N[C@@H](Cc1ccc(OCc2ccccc2)cc1)C(=O)Cc1cnc2ccccc2c1. The molecule has 646 valence electrons. The van der Waals surface area contributed by atoms with Crippen LogP contribution in [0.3, 0.4) is 0 Å². The molecule has 0 fully saturated rings. The van der Waals surface area contributed by atoms with Crippen molar-refractivity contribution in [2.75, 3.05) is 78.5 Å². The Morgan fingerprint density at radius 2 is 0.691 bits per heavy atom. The second-order valence-corrected chi connectivity index (χ2v) is 31.2. The molecule has 0 saturated heterocycles. The highest BCUT2D eigenvalue weighted by atomic mass is 79.9. The number of benzene rings is 7. The molecule has 0 radical (unpaired) electrons. The van der Waals surface area contributed by atoms with Gasteiger partial charge in [-0.05, 0) is 150 Å². The first-order valence-corrected chi connectivity index (χ1v) is 42.0. The molecule has 0 aliphatic heterocycles. The number of hydrogen-bond donors (Lipinski definition) is 13. The van der Waals surface area contributed by atoms with E-state index in [9.17, 15) is 48.3 Å². The van der Waals surface area contributed by atoms with E-state index in [-0.39, 0.29) is 138 Å². The number of amides is 6. The lowest BCUT2D eigenvalue weighted by Gasteiger charge is -2.24. The number of ether oxygens (including phenoxy) is 1.